The van der Waals surface area contributed by atoms with Crippen LogP contribution >= 0.6 is 0 Å². The minimum atomic E-state index is -0.841. The fourth-order valence-corrected chi connectivity index (χ4v) is 1.84. The number of halogens is 1. The van der Waals surface area contributed by atoms with Crippen LogP contribution in [0, 0.1) is 17.7 Å². The molecule has 0 aromatic heterocycles. The smallest absolute Gasteiger partial charge is 0.125 e. The van der Waals surface area contributed by atoms with Crippen LogP contribution in [0.3, 0.4) is 0 Å². The fourth-order valence-electron chi connectivity index (χ4n) is 1.84. The van der Waals surface area contributed by atoms with Gasteiger partial charge in [0.05, 0.1) is 0 Å². The van der Waals surface area contributed by atoms with Crippen molar-refractivity contribution < 1.29 is 9.50 Å². The molecule has 0 spiro atoms. The van der Waals surface area contributed by atoms with E-state index in [-0.39, 0.29) is 5.82 Å². The molecule has 1 saturated carbocycles. The van der Waals surface area contributed by atoms with Crippen LogP contribution in [-0.4, -0.2) is 10.7 Å². The van der Waals surface area contributed by atoms with Crippen molar-refractivity contribution in [1.82, 2.24) is 0 Å². The van der Waals surface area contributed by atoms with Gasteiger partial charge in [0.15, 0.2) is 0 Å². The van der Waals surface area contributed by atoms with E-state index in [1.807, 2.05) is 0 Å². The van der Waals surface area contributed by atoms with Gasteiger partial charge in [-0.3, -0.25) is 0 Å². The normalized spacial score (nSPS) is 18.3. The Hall–Kier alpha value is -1.33. The molecule has 1 nitrogen and oxygen atoms in total. The van der Waals surface area contributed by atoms with Gasteiger partial charge in [0.25, 0.3) is 0 Å². The van der Waals surface area contributed by atoms with Crippen molar-refractivity contribution in [3.05, 3.63) is 35.6 Å². The molecular formula is C13H13FO. The summed E-state index contributed by atoms with van der Waals surface area (Å²) in [4.78, 5) is 0. The topological polar surface area (TPSA) is 20.2 Å². The van der Waals surface area contributed by atoms with Crippen LogP contribution in [0.25, 0.3) is 0 Å². The van der Waals surface area contributed by atoms with Crippen LogP contribution < -0.4 is 0 Å². The minimum absolute atomic E-state index is 0.291. The Bertz CT molecular complexity index is 408. The monoisotopic (exact) mass is 204 g/mol. The molecule has 1 aromatic carbocycles. The van der Waals surface area contributed by atoms with Gasteiger partial charge < -0.3 is 5.11 Å². The Morgan fingerprint density at radius 2 is 2.00 bits per heavy atom. The zero-order valence-electron chi connectivity index (χ0n) is 8.46. The zero-order chi connectivity index (χ0) is 10.7. The standard InChI is InChI=1S/C13H13FO/c14-12-5-3-4-11(10-12)6-9-13(15)7-1-2-8-13/h3-5,10,15H,1-2,7-8H2. The molecule has 1 N–H and O–H groups in total. The Morgan fingerprint density at radius 1 is 1.27 bits per heavy atom. The maximum absolute atomic E-state index is 12.8. The fraction of sp³-hybridized carbons (Fsp3) is 0.385. The third-order valence-corrected chi connectivity index (χ3v) is 2.69. The van der Waals surface area contributed by atoms with Gasteiger partial charge in [-0.05, 0) is 43.9 Å². The van der Waals surface area contributed by atoms with Crippen LogP contribution in [0.15, 0.2) is 24.3 Å². The van der Waals surface area contributed by atoms with Crippen molar-refractivity contribution in [2.24, 2.45) is 0 Å². The molecule has 0 heterocycles. The number of aliphatic hydroxyl groups is 1. The van der Waals surface area contributed by atoms with Crippen molar-refractivity contribution in [3.8, 4) is 11.8 Å². The van der Waals surface area contributed by atoms with E-state index >= 15 is 0 Å². The first-order chi connectivity index (χ1) is 7.18. The van der Waals surface area contributed by atoms with Gasteiger partial charge in [0.1, 0.15) is 11.4 Å². The van der Waals surface area contributed by atoms with E-state index in [2.05, 4.69) is 11.8 Å². The second kappa shape index (κ2) is 4.04. The number of hydrogen-bond acceptors (Lipinski definition) is 1. The second-order valence-corrected chi connectivity index (χ2v) is 4.00. The van der Waals surface area contributed by atoms with Crippen molar-refractivity contribution >= 4 is 0 Å². The van der Waals surface area contributed by atoms with Gasteiger partial charge in [-0.25, -0.2) is 4.39 Å². The molecule has 0 atom stereocenters. The minimum Gasteiger partial charge on any atom is -0.378 e. The largest absolute Gasteiger partial charge is 0.378 e. The molecule has 0 amide bonds. The molecule has 1 fully saturated rings. The third-order valence-electron chi connectivity index (χ3n) is 2.69. The molecular weight excluding hydrogens is 191 g/mol. The number of benzene rings is 1. The first-order valence-electron chi connectivity index (χ1n) is 5.19. The Labute approximate surface area is 88.9 Å². The van der Waals surface area contributed by atoms with Crippen molar-refractivity contribution in [2.45, 2.75) is 31.3 Å². The molecule has 78 valence electrons. The first kappa shape index (κ1) is 10.2. The van der Waals surface area contributed by atoms with Gasteiger partial charge in [0.2, 0.25) is 0 Å². The lowest BCUT2D eigenvalue weighted by molar-refractivity contribution is 0.110. The van der Waals surface area contributed by atoms with Crippen molar-refractivity contribution in [2.75, 3.05) is 0 Å². The molecule has 0 aliphatic heterocycles. The quantitative estimate of drug-likeness (QED) is 0.644. The molecule has 1 aliphatic carbocycles. The van der Waals surface area contributed by atoms with E-state index in [9.17, 15) is 9.50 Å². The van der Waals surface area contributed by atoms with Gasteiger partial charge in [-0.1, -0.05) is 17.9 Å². The predicted molar refractivity (Wildman–Crippen MR) is 56.7 cm³/mol. The molecule has 15 heavy (non-hydrogen) atoms. The van der Waals surface area contributed by atoms with Crippen LogP contribution in [-0.2, 0) is 0 Å². The summed E-state index contributed by atoms with van der Waals surface area (Å²) in [5.74, 6) is 5.38. The second-order valence-electron chi connectivity index (χ2n) is 4.00. The van der Waals surface area contributed by atoms with Crippen LogP contribution in [0.5, 0.6) is 0 Å². The lowest BCUT2D eigenvalue weighted by atomic mass is 10.0. The summed E-state index contributed by atoms with van der Waals surface area (Å²) in [6.07, 6.45) is 3.51. The van der Waals surface area contributed by atoms with Gasteiger partial charge in [-0.15, -0.1) is 0 Å². The van der Waals surface area contributed by atoms with E-state index in [1.165, 1.54) is 12.1 Å². The SMILES string of the molecule is OC1(C#Cc2cccc(F)c2)CCCC1. The van der Waals surface area contributed by atoms with E-state index < -0.39 is 5.60 Å². The first-order valence-corrected chi connectivity index (χ1v) is 5.19. The van der Waals surface area contributed by atoms with Crippen LogP contribution in [0.4, 0.5) is 4.39 Å². The zero-order valence-corrected chi connectivity index (χ0v) is 8.46. The number of hydrogen-bond donors (Lipinski definition) is 1. The highest BCUT2D eigenvalue weighted by molar-refractivity contribution is 5.36. The van der Waals surface area contributed by atoms with E-state index in [0.29, 0.717) is 5.56 Å². The summed E-state index contributed by atoms with van der Waals surface area (Å²) < 4.78 is 12.8. The summed E-state index contributed by atoms with van der Waals surface area (Å²) in [7, 11) is 0. The Morgan fingerprint density at radius 3 is 2.67 bits per heavy atom. The molecule has 0 unspecified atom stereocenters. The number of rotatable bonds is 0. The van der Waals surface area contributed by atoms with Gasteiger partial charge in [0, 0.05) is 5.56 Å². The van der Waals surface area contributed by atoms with Gasteiger partial charge >= 0.3 is 0 Å². The van der Waals surface area contributed by atoms with E-state index in [4.69, 9.17) is 0 Å². The van der Waals surface area contributed by atoms with Crippen LogP contribution in [0.1, 0.15) is 31.2 Å². The molecule has 1 aromatic rings. The molecule has 1 aliphatic rings. The lowest BCUT2D eigenvalue weighted by Gasteiger charge is -2.12. The Kier molecular flexibility index (Phi) is 2.75. The highest BCUT2D eigenvalue weighted by Gasteiger charge is 2.28. The summed E-state index contributed by atoms with van der Waals surface area (Å²) in [5, 5.41) is 9.95. The summed E-state index contributed by atoms with van der Waals surface area (Å²) >= 11 is 0. The van der Waals surface area contributed by atoms with Crippen LogP contribution in [0.2, 0.25) is 0 Å². The average Bonchev–Trinajstić information content (AvgIpc) is 2.63. The van der Waals surface area contributed by atoms with Crippen molar-refractivity contribution in [1.29, 1.82) is 0 Å². The molecule has 0 bridgehead atoms. The van der Waals surface area contributed by atoms with Gasteiger partial charge in [-0.2, -0.15) is 0 Å². The Balaban J connectivity index is 2.17. The summed E-state index contributed by atoms with van der Waals surface area (Å²) in [6.45, 7) is 0. The predicted octanol–water partition coefficient (Wildman–Crippen LogP) is 2.48. The molecule has 0 saturated heterocycles. The highest BCUT2D eigenvalue weighted by atomic mass is 19.1. The molecule has 2 rings (SSSR count). The average molecular weight is 204 g/mol. The third kappa shape index (κ3) is 2.57. The molecule has 2 heteroatoms. The van der Waals surface area contributed by atoms with Crippen molar-refractivity contribution in [3.63, 3.8) is 0 Å². The van der Waals surface area contributed by atoms with E-state index in [0.717, 1.165) is 25.7 Å². The summed E-state index contributed by atoms with van der Waals surface area (Å²) in [6, 6.07) is 6.13. The summed E-state index contributed by atoms with van der Waals surface area (Å²) in [5.41, 5.74) is -0.220. The molecule has 0 radical (unpaired) electrons. The maximum atomic E-state index is 12.8. The maximum Gasteiger partial charge on any atom is 0.125 e. The highest BCUT2D eigenvalue weighted by Crippen LogP contribution is 2.28. The lowest BCUT2D eigenvalue weighted by Crippen LogP contribution is -2.20. The van der Waals surface area contributed by atoms with E-state index in [1.54, 1.807) is 12.1 Å².